The highest BCUT2D eigenvalue weighted by atomic mass is 16.5. The minimum absolute atomic E-state index is 0.155. The number of ether oxygens (including phenoxy) is 1. The number of rotatable bonds is 2. The third kappa shape index (κ3) is 2.46. The van der Waals surface area contributed by atoms with Crippen molar-refractivity contribution in [1.29, 1.82) is 0 Å². The lowest BCUT2D eigenvalue weighted by Crippen LogP contribution is -2.35. The zero-order chi connectivity index (χ0) is 12.3. The van der Waals surface area contributed by atoms with Crippen LogP contribution in [0.15, 0.2) is 24.3 Å². The van der Waals surface area contributed by atoms with Gasteiger partial charge in [0.15, 0.2) is 0 Å². The van der Waals surface area contributed by atoms with Crippen LogP contribution in [0.5, 0.6) is 0 Å². The van der Waals surface area contributed by atoms with Gasteiger partial charge in [0.25, 0.3) is 0 Å². The fraction of sp³-hybridized carbons (Fsp3) is 0.385. The van der Waals surface area contributed by atoms with E-state index < -0.39 is 0 Å². The molecule has 0 unspecified atom stereocenters. The zero-order valence-electron chi connectivity index (χ0n) is 9.81. The summed E-state index contributed by atoms with van der Waals surface area (Å²) in [6.45, 7) is 0.760. The van der Waals surface area contributed by atoms with Gasteiger partial charge in [0.05, 0.1) is 12.7 Å². The molecule has 0 aliphatic carbocycles. The Balaban J connectivity index is 2.17. The third-order valence-electron chi connectivity index (χ3n) is 2.92. The van der Waals surface area contributed by atoms with E-state index in [1.165, 1.54) is 7.11 Å². The van der Waals surface area contributed by atoms with Crippen molar-refractivity contribution in [3.63, 3.8) is 0 Å². The van der Waals surface area contributed by atoms with Gasteiger partial charge in [-0.1, -0.05) is 0 Å². The molecule has 1 aromatic carbocycles. The van der Waals surface area contributed by atoms with Crippen molar-refractivity contribution in [1.82, 2.24) is 0 Å². The smallest absolute Gasteiger partial charge is 0.337 e. The van der Waals surface area contributed by atoms with Crippen molar-refractivity contribution >= 4 is 17.6 Å². The van der Waals surface area contributed by atoms with Gasteiger partial charge < -0.3 is 9.64 Å². The number of hydrogen-bond donors (Lipinski definition) is 0. The zero-order valence-corrected chi connectivity index (χ0v) is 9.81. The first-order chi connectivity index (χ1) is 8.22. The van der Waals surface area contributed by atoms with Gasteiger partial charge in [-0.25, -0.2) is 4.79 Å². The molecule has 1 heterocycles. The van der Waals surface area contributed by atoms with Crippen LogP contribution >= 0.6 is 0 Å². The molecule has 1 aromatic rings. The largest absolute Gasteiger partial charge is 0.465 e. The Morgan fingerprint density at radius 3 is 2.53 bits per heavy atom. The molecule has 1 saturated heterocycles. The predicted molar refractivity (Wildman–Crippen MR) is 64.0 cm³/mol. The van der Waals surface area contributed by atoms with Gasteiger partial charge in [-0.2, -0.15) is 0 Å². The van der Waals surface area contributed by atoms with E-state index in [0.29, 0.717) is 12.0 Å². The average Bonchev–Trinajstić information content (AvgIpc) is 2.39. The first kappa shape index (κ1) is 11.6. The maximum Gasteiger partial charge on any atom is 0.337 e. The molecule has 0 radical (unpaired) electrons. The summed E-state index contributed by atoms with van der Waals surface area (Å²) >= 11 is 0. The molecule has 17 heavy (non-hydrogen) atoms. The molecule has 1 fully saturated rings. The Labute approximate surface area is 100 Å². The summed E-state index contributed by atoms with van der Waals surface area (Å²) < 4.78 is 4.62. The number of amides is 1. The monoisotopic (exact) mass is 233 g/mol. The van der Waals surface area contributed by atoms with Crippen LogP contribution < -0.4 is 4.90 Å². The minimum Gasteiger partial charge on any atom is -0.465 e. The van der Waals surface area contributed by atoms with Crippen molar-refractivity contribution in [3.05, 3.63) is 29.8 Å². The molecule has 4 heteroatoms. The first-order valence-electron chi connectivity index (χ1n) is 5.71. The van der Waals surface area contributed by atoms with Crippen LogP contribution in [0.25, 0.3) is 0 Å². The van der Waals surface area contributed by atoms with Crippen molar-refractivity contribution in [2.24, 2.45) is 0 Å². The molecule has 1 aliphatic rings. The number of benzene rings is 1. The first-order valence-corrected chi connectivity index (χ1v) is 5.71. The molecule has 0 saturated carbocycles. The summed E-state index contributed by atoms with van der Waals surface area (Å²) in [6.07, 6.45) is 2.61. The van der Waals surface area contributed by atoms with Gasteiger partial charge in [0.2, 0.25) is 5.91 Å². The summed E-state index contributed by atoms with van der Waals surface area (Å²) in [4.78, 5) is 24.7. The standard InChI is InChI=1S/C13H15NO3/c1-17-13(16)10-5-7-11(8-6-10)14-9-3-2-4-12(14)15/h5-8H,2-4,9H2,1H3. The Bertz CT molecular complexity index is 425. The molecule has 0 bridgehead atoms. The summed E-state index contributed by atoms with van der Waals surface area (Å²) in [5, 5.41) is 0. The molecule has 0 N–H and O–H groups in total. The predicted octanol–water partition coefficient (Wildman–Crippen LogP) is 1.99. The van der Waals surface area contributed by atoms with Gasteiger partial charge in [-0.3, -0.25) is 4.79 Å². The van der Waals surface area contributed by atoms with Gasteiger partial charge in [0.1, 0.15) is 0 Å². The Hall–Kier alpha value is -1.84. The van der Waals surface area contributed by atoms with E-state index in [1.54, 1.807) is 29.2 Å². The maximum absolute atomic E-state index is 11.7. The number of anilines is 1. The number of carbonyl (C=O) groups excluding carboxylic acids is 2. The van der Waals surface area contributed by atoms with Gasteiger partial charge in [0, 0.05) is 18.7 Å². The number of esters is 1. The van der Waals surface area contributed by atoms with Gasteiger partial charge in [-0.05, 0) is 37.1 Å². The van der Waals surface area contributed by atoms with E-state index >= 15 is 0 Å². The molecule has 1 aliphatic heterocycles. The second-order valence-electron chi connectivity index (χ2n) is 4.04. The average molecular weight is 233 g/mol. The maximum atomic E-state index is 11.7. The highest BCUT2D eigenvalue weighted by Gasteiger charge is 2.19. The minimum atomic E-state index is -0.360. The number of nitrogens with zero attached hydrogens (tertiary/aromatic N) is 1. The van der Waals surface area contributed by atoms with E-state index in [4.69, 9.17) is 0 Å². The highest BCUT2D eigenvalue weighted by Crippen LogP contribution is 2.21. The molecule has 1 amide bonds. The van der Waals surface area contributed by atoms with E-state index in [9.17, 15) is 9.59 Å². The summed E-state index contributed by atoms with van der Waals surface area (Å²) in [5.74, 6) is -0.205. The fourth-order valence-corrected chi connectivity index (χ4v) is 1.97. The molecular formula is C13H15NO3. The Morgan fingerprint density at radius 1 is 1.24 bits per heavy atom. The van der Waals surface area contributed by atoms with E-state index in [-0.39, 0.29) is 11.9 Å². The van der Waals surface area contributed by atoms with E-state index in [2.05, 4.69) is 4.74 Å². The van der Waals surface area contributed by atoms with Crippen molar-refractivity contribution in [3.8, 4) is 0 Å². The summed E-state index contributed by atoms with van der Waals surface area (Å²) in [7, 11) is 1.35. The second-order valence-corrected chi connectivity index (χ2v) is 4.04. The molecule has 4 nitrogen and oxygen atoms in total. The molecular weight excluding hydrogens is 218 g/mol. The van der Waals surface area contributed by atoms with E-state index in [1.807, 2.05) is 0 Å². The molecule has 0 spiro atoms. The van der Waals surface area contributed by atoms with Crippen LogP contribution in [0.2, 0.25) is 0 Å². The Morgan fingerprint density at radius 2 is 1.94 bits per heavy atom. The quantitative estimate of drug-likeness (QED) is 0.734. The highest BCUT2D eigenvalue weighted by molar-refractivity contribution is 5.95. The van der Waals surface area contributed by atoms with Crippen LogP contribution in [-0.2, 0) is 9.53 Å². The van der Waals surface area contributed by atoms with E-state index in [0.717, 1.165) is 25.1 Å². The summed E-state index contributed by atoms with van der Waals surface area (Å²) in [5.41, 5.74) is 1.35. The normalized spacial score (nSPS) is 15.8. The SMILES string of the molecule is COC(=O)c1ccc(N2CCCCC2=O)cc1. The van der Waals surface area contributed by atoms with Gasteiger partial charge in [-0.15, -0.1) is 0 Å². The van der Waals surface area contributed by atoms with Crippen LogP contribution in [-0.4, -0.2) is 25.5 Å². The lowest BCUT2D eigenvalue weighted by Gasteiger charge is -2.26. The van der Waals surface area contributed by atoms with Gasteiger partial charge >= 0.3 is 5.97 Å². The number of hydrogen-bond acceptors (Lipinski definition) is 3. The summed E-state index contributed by atoms with van der Waals surface area (Å²) in [6, 6.07) is 6.94. The molecule has 0 atom stereocenters. The second kappa shape index (κ2) is 4.99. The fourth-order valence-electron chi connectivity index (χ4n) is 1.97. The Kier molecular flexibility index (Phi) is 3.42. The van der Waals surface area contributed by atoms with Crippen molar-refractivity contribution < 1.29 is 14.3 Å². The lowest BCUT2D eigenvalue weighted by atomic mass is 10.1. The van der Waals surface area contributed by atoms with Crippen LogP contribution in [0.3, 0.4) is 0 Å². The number of piperidine rings is 1. The molecule has 2 rings (SSSR count). The van der Waals surface area contributed by atoms with Crippen LogP contribution in [0, 0.1) is 0 Å². The number of carbonyl (C=O) groups is 2. The van der Waals surface area contributed by atoms with Crippen molar-refractivity contribution in [2.45, 2.75) is 19.3 Å². The lowest BCUT2D eigenvalue weighted by molar-refractivity contribution is -0.119. The van der Waals surface area contributed by atoms with Crippen LogP contribution in [0.4, 0.5) is 5.69 Å². The number of methoxy groups -OCH3 is 1. The van der Waals surface area contributed by atoms with Crippen molar-refractivity contribution in [2.75, 3.05) is 18.6 Å². The molecule has 0 aromatic heterocycles. The third-order valence-corrected chi connectivity index (χ3v) is 2.92. The van der Waals surface area contributed by atoms with Crippen LogP contribution in [0.1, 0.15) is 29.6 Å². The topological polar surface area (TPSA) is 46.6 Å². The molecule has 90 valence electrons.